The van der Waals surface area contributed by atoms with E-state index in [0.29, 0.717) is 0 Å². The first-order valence-corrected chi connectivity index (χ1v) is 5.91. The van der Waals surface area contributed by atoms with Crippen LogP contribution < -0.4 is 5.32 Å². The number of ether oxygens (including phenoxy) is 1. The molecule has 8 nitrogen and oxygen atoms in total. The number of nitrogens with zero attached hydrogens (tertiary/aromatic N) is 2. The fraction of sp³-hybridized carbons (Fsp3) is 0.154. The summed E-state index contributed by atoms with van der Waals surface area (Å²) in [7, 11) is 0. The predicted molar refractivity (Wildman–Crippen MR) is 69.7 cm³/mol. The number of hydrogen-bond acceptors (Lipinski definition) is 6. The Kier molecular flexibility index (Phi) is 3.67. The number of hydrogen-bond donors (Lipinski definition) is 1. The lowest BCUT2D eigenvalue weighted by Crippen LogP contribution is -2.17. The highest BCUT2D eigenvalue weighted by atomic mass is 16.6. The van der Waals surface area contributed by atoms with E-state index in [1.165, 1.54) is 12.1 Å². The van der Waals surface area contributed by atoms with Crippen LogP contribution in [0.4, 0.5) is 5.69 Å². The van der Waals surface area contributed by atoms with Gasteiger partial charge in [0, 0.05) is 23.3 Å². The fourth-order valence-corrected chi connectivity index (χ4v) is 1.90. The monoisotopic (exact) mass is 287 g/mol. The van der Waals surface area contributed by atoms with Crippen LogP contribution in [0.3, 0.4) is 0 Å². The van der Waals surface area contributed by atoms with Crippen molar-refractivity contribution >= 4 is 23.3 Å². The van der Waals surface area contributed by atoms with Crippen LogP contribution in [0.1, 0.15) is 22.8 Å². The molecule has 21 heavy (non-hydrogen) atoms. The summed E-state index contributed by atoms with van der Waals surface area (Å²) >= 11 is 0. The molecule has 0 aromatic heterocycles. The van der Waals surface area contributed by atoms with Gasteiger partial charge in [-0.1, -0.05) is 0 Å². The normalized spacial score (nSPS) is 14.8. The van der Waals surface area contributed by atoms with Crippen molar-refractivity contribution in [2.45, 2.75) is 6.92 Å². The van der Waals surface area contributed by atoms with Crippen LogP contribution in [-0.2, 0) is 9.53 Å². The van der Waals surface area contributed by atoms with E-state index >= 15 is 0 Å². The van der Waals surface area contributed by atoms with Crippen LogP contribution in [0.15, 0.2) is 23.8 Å². The predicted octanol–water partition coefficient (Wildman–Crippen LogP) is 1.14. The summed E-state index contributed by atoms with van der Waals surface area (Å²) in [4.78, 5) is 33.7. The van der Waals surface area contributed by atoms with Crippen molar-refractivity contribution in [2.24, 2.45) is 0 Å². The van der Waals surface area contributed by atoms with E-state index in [-0.39, 0.29) is 29.1 Å². The van der Waals surface area contributed by atoms with E-state index < -0.39 is 22.4 Å². The molecule has 0 saturated heterocycles. The smallest absolute Gasteiger partial charge is 0.351 e. The van der Waals surface area contributed by atoms with Gasteiger partial charge in [-0.25, -0.2) is 4.79 Å². The maximum absolute atomic E-state index is 11.8. The summed E-state index contributed by atoms with van der Waals surface area (Å²) in [6, 6.07) is 5.25. The molecule has 0 spiro atoms. The van der Waals surface area contributed by atoms with Crippen molar-refractivity contribution in [3.63, 3.8) is 0 Å². The van der Waals surface area contributed by atoms with Gasteiger partial charge in [0.25, 0.3) is 11.6 Å². The summed E-state index contributed by atoms with van der Waals surface area (Å²) in [5.74, 6) is -1.43. The summed E-state index contributed by atoms with van der Waals surface area (Å²) in [6.45, 7) is 1.64. The molecule has 0 unspecified atom stereocenters. The Morgan fingerprint density at radius 2 is 2.19 bits per heavy atom. The number of nitro groups is 1. The molecular weight excluding hydrogens is 278 g/mol. The number of rotatable bonds is 3. The van der Waals surface area contributed by atoms with Crippen LogP contribution in [0, 0.1) is 21.4 Å². The minimum Gasteiger partial charge on any atom is -0.462 e. The molecule has 0 aliphatic carbocycles. The molecule has 1 aromatic rings. The zero-order valence-corrected chi connectivity index (χ0v) is 10.9. The minimum atomic E-state index is -0.894. The average Bonchev–Trinajstić information content (AvgIpc) is 2.77. The molecule has 0 atom stereocenters. The second-order valence-electron chi connectivity index (χ2n) is 4.02. The van der Waals surface area contributed by atoms with Gasteiger partial charge in [-0.2, -0.15) is 5.26 Å². The van der Waals surface area contributed by atoms with Crippen molar-refractivity contribution in [1.82, 2.24) is 5.32 Å². The molecule has 1 aliphatic rings. The Bertz CT molecular complexity index is 730. The number of amides is 1. The molecule has 2 rings (SSSR count). The second kappa shape index (κ2) is 5.42. The van der Waals surface area contributed by atoms with Gasteiger partial charge in [0.05, 0.1) is 17.2 Å². The Balaban J connectivity index is 2.63. The third-order valence-corrected chi connectivity index (χ3v) is 2.81. The number of nitriles is 1. The quantitative estimate of drug-likeness (QED) is 0.292. The van der Waals surface area contributed by atoms with E-state index in [0.717, 1.165) is 6.07 Å². The molecule has 0 saturated carbocycles. The van der Waals surface area contributed by atoms with E-state index in [4.69, 9.17) is 10.00 Å². The molecule has 1 amide bonds. The van der Waals surface area contributed by atoms with Gasteiger partial charge in [-0.3, -0.25) is 14.9 Å². The third kappa shape index (κ3) is 2.44. The molecule has 106 valence electrons. The standard InChI is InChI=1S/C13H9N3O5/c1-2-21-13(18)10(6-14)11-9-5-7(16(19)20)3-4-8(9)12(17)15-11/h3-5H,2H2,1H3,(H,15,17)/b11-10-. The summed E-state index contributed by atoms with van der Waals surface area (Å²) in [5.41, 5.74) is -0.417. The first-order valence-electron chi connectivity index (χ1n) is 5.91. The van der Waals surface area contributed by atoms with Gasteiger partial charge in [0.2, 0.25) is 0 Å². The lowest BCUT2D eigenvalue weighted by molar-refractivity contribution is -0.384. The van der Waals surface area contributed by atoms with Gasteiger partial charge in [0.15, 0.2) is 5.57 Å². The van der Waals surface area contributed by atoms with Crippen molar-refractivity contribution < 1.29 is 19.2 Å². The molecule has 1 aromatic carbocycles. The van der Waals surface area contributed by atoms with E-state index in [2.05, 4.69) is 5.32 Å². The van der Waals surface area contributed by atoms with Crippen LogP contribution in [0.25, 0.3) is 5.70 Å². The highest BCUT2D eigenvalue weighted by Gasteiger charge is 2.31. The summed E-state index contributed by atoms with van der Waals surface area (Å²) in [6.07, 6.45) is 0. The van der Waals surface area contributed by atoms with Gasteiger partial charge in [-0.15, -0.1) is 0 Å². The number of non-ortho nitro benzene ring substituents is 1. The van der Waals surface area contributed by atoms with E-state index in [9.17, 15) is 19.7 Å². The van der Waals surface area contributed by atoms with Crippen LogP contribution in [0.5, 0.6) is 0 Å². The van der Waals surface area contributed by atoms with Gasteiger partial charge >= 0.3 is 5.97 Å². The Morgan fingerprint density at radius 1 is 1.48 bits per heavy atom. The molecular formula is C13H9N3O5. The lowest BCUT2D eigenvalue weighted by Gasteiger charge is -2.04. The zero-order chi connectivity index (χ0) is 15.6. The van der Waals surface area contributed by atoms with Gasteiger partial charge < -0.3 is 10.1 Å². The highest BCUT2D eigenvalue weighted by molar-refractivity contribution is 6.14. The lowest BCUT2D eigenvalue weighted by atomic mass is 10.0. The first kappa shape index (κ1) is 14.2. The van der Waals surface area contributed by atoms with Gasteiger partial charge in [-0.05, 0) is 13.0 Å². The maximum Gasteiger partial charge on any atom is 0.351 e. The maximum atomic E-state index is 11.8. The fourth-order valence-electron chi connectivity index (χ4n) is 1.90. The summed E-state index contributed by atoms with van der Waals surface area (Å²) in [5, 5.41) is 22.2. The molecule has 0 bridgehead atoms. The number of esters is 1. The molecule has 0 fully saturated rings. The number of fused-ring (bicyclic) bond motifs is 1. The minimum absolute atomic E-state index is 0.0625. The number of carbonyl (C=O) groups excluding carboxylic acids is 2. The Morgan fingerprint density at radius 3 is 2.76 bits per heavy atom. The number of nitro benzene ring substituents is 1. The van der Waals surface area contributed by atoms with Crippen molar-refractivity contribution in [1.29, 1.82) is 5.26 Å². The van der Waals surface area contributed by atoms with Crippen molar-refractivity contribution in [3.8, 4) is 6.07 Å². The van der Waals surface area contributed by atoms with Gasteiger partial charge in [0.1, 0.15) is 6.07 Å². The van der Waals surface area contributed by atoms with Crippen LogP contribution in [0.2, 0.25) is 0 Å². The first-order chi connectivity index (χ1) is 9.99. The number of nitrogens with one attached hydrogen (secondary N) is 1. The zero-order valence-electron chi connectivity index (χ0n) is 10.9. The molecule has 1 N–H and O–H groups in total. The molecule has 8 heteroatoms. The third-order valence-electron chi connectivity index (χ3n) is 2.81. The van der Waals surface area contributed by atoms with Crippen LogP contribution in [-0.4, -0.2) is 23.4 Å². The summed E-state index contributed by atoms with van der Waals surface area (Å²) < 4.78 is 4.73. The average molecular weight is 287 g/mol. The number of carbonyl (C=O) groups is 2. The SMILES string of the molecule is CCOC(=O)/C(C#N)=C1\NC(=O)c2ccc([N+](=O)[O-])cc21. The Labute approximate surface area is 118 Å². The largest absolute Gasteiger partial charge is 0.462 e. The molecule has 1 heterocycles. The van der Waals surface area contributed by atoms with E-state index in [1.54, 1.807) is 13.0 Å². The highest BCUT2D eigenvalue weighted by Crippen LogP contribution is 2.30. The van der Waals surface area contributed by atoms with Crippen molar-refractivity contribution in [2.75, 3.05) is 6.61 Å². The molecule has 1 aliphatic heterocycles. The topological polar surface area (TPSA) is 122 Å². The van der Waals surface area contributed by atoms with E-state index in [1.807, 2.05) is 0 Å². The molecule has 0 radical (unpaired) electrons. The number of benzene rings is 1. The Hall–Kier alpha value is -3.21. The van der Waals surface area contributed by atoms with Crippen LogP contribution >= 0.6 is 0 Å². The van der Waals surface area contributed by atoms with Crippen molar-refractivity contribution in [3.05, 3.63) is 45.0 Å². The second-order valence-corrected chi connectivity index (χ2v) is 4.02.